The zero-order valence-electron chi connectivity index (χ0n) is 13.9. The number of aliphatic hydroxyl groups is 1. The predicted molar refractivity (Wildman–Crippen MR) is 96.3 cm³/mol. The maximum atomic E-state index is 10.2. The van der Waals surface area contributed by atoms with E-state index < -0.39 is 6.10 Å². The Kier molecular flexibility index (Phi) is 7.27. The zero-order valence-corrected chi connectivity index (χ0v) is 13.9. The summed E-state index contributed by atoms with van der Waals surface area (Å²) >= 11 is 0. The van der Waals surface area contributed by atoms with Crippen molar-refractivity contribution in [1.29, 1.82) is 0 Å². The largest absolute Gasteiger partial charge is 0.391 e. The summed E-state index contributed by atoms with van der Waals surface area (Å²) < 4.78 is 0. The van der Waals surface area contributed by atoms with Gasteiger partial charge in [-0.1, -0.05) is 61.5 Å². The molecule has 0 spiro atoms. The van der Waals surface area contributed by atoms with Crippen molar-refractivity contribution in [3.05, 3.63) is 71.3 Å². The molecule has 0 aromatic heterocycles. The van der Waals surface area contributed by atoms with Crippen LogP contribution in [-0.4, -0.2) is 23.8 Å². The molecule has 0 saturated heterocycles. The second kappa shape index (κ2) is 9.46. The van der Waals surface area contributed by atoms with E-state index in [-0.39, 0.29) is 6.04 Å². The first kappa shape index (κ1) is 17.7. The molecule has 2 aromatic carbocycles. The number of hydrogen-bond donors (Lipinski definition) is 3. The van der Waals surface area contributed by atoms with E-state index in [2.05, 4.69) is 36.5 Å². The van der Waals surface area contributed by atoms with Crippen LogP contribution in [0.15, 0.2) is 54.6 Å². The lowest BCUT2D eigenvalue weighted by Gasteiger charge is -2.19. The number of nitrogens with one attached hydrogen (secondary N) is 1. The number of nitrogens with two attached hydrogens (primary N) is 1. The lowest BCUT2D eigenvalue weighted by molar-refractivity contribution is 0.134. The smallest absolute Gasteiger partial charge is 0.0706 e. The summed E-state index contributed by atoms with van der Waals surface area (Å²) in [6.07, 6.45) is 1.96. The molecule has 124 valence electrons. The van der Waals surface area contributed by atoms with Crippen LogP contribution in [0.4, 0.5) is 0 Å². The van der Waals surface area contributed by atoms with E-state index in [1.807, 2.05) is 30.3 Å². The molecule has 23 heavy (non-hydrogen) atoms. The average molecular weight is 312 g/mol. The fraction of sp³-hybridized carbons (Fsp3) is 0.400. The maximum Gasteiger partial charge on any atom is 0.0706 e. The number of aliphatic hydroxyl groups excluding tert-OH is 1. The van der Waals surface area contributed by atoms with Crippen LogP contribution >= 0.6 is 0 Å². The molecule has 0 aliphatic carbocycles. The molecular formula is C20H28N2O. The highest BCUT2D eigenvalue weighted by Gasteiger charge is 2.14. The first-order valence-corrected chi connectivity index (χ1v) is 8.45. The van der Waals surface area contributed by atoms with E-state index in [0.717, 1.165) is 19.5 Å². The summed E-state index contributed by atoms with van der Waals surface area (Å²) in [5, 5.41) is 13.6. The van der Waals surface area contributed by atoms with Crippen LogP contribution in [0.25, 0.3) is 0 Å². The predicted octanol–water partition coefficient (Wildman–Crippen LogP) is 2.66. The summed E-state index contributed by atoms with van der Waals surface area (Å²) in [5.74, 6) is 0. The van der Waals surface area contributed by atoms with Gasteiger partial charge in [0.15, 0.2) is 0 Å². The van der Waals surface area contributed by atoms with E-state index >= 15 is 0 Å². The first-order valence-electron chi connectivity index (χ1n) is 8.45. The van der Waals surface area contributed by atoms with Crippen LogP contribution in [0.5, 0.6) is 0 Å². The van der Waals surface area contributed by atoms with Crippen molar-refractivity contribution in [1.82, 2.24) is 5.32 Å². The molecule has 3 nitrogen and oxygen atoms in total. The highest BCUT2D eigenvalue weighted by molar-refractivity contribution is 5.22. The molecule has 2 atom stereocenters. The van der Waals surface area contributed by atoms with Gasteiger partial charge in [0, 0.05) is 12.6 Å². The molecule has 4 N–H and O–H groups in total. The Balaban J connectivity index is 1.66. The van der Waals surface area contributed by atoms with Gasteiger partial charge >= 0.3 is 0 Å². The number of hydrogen-bond acceptors (Lipinski definition) is 3. The van der Waals surface area contributed by atoms with Gasteiger partial charge in [-0.15, -0.1) is 0 Å². The minimum atomic E-state index is -0.481. The van der Waals surface area contributed by atoms with Crippen LogP contribution in [0.1, 0.15) is 30.0 Å². The summed E-state index contributed by atoms with van der Waals surface area (Å²) in [7, 11) is 0. The van der Waals surface area contributed by atoms with Gasteiger partial charge in [0.25, 0.3) is 0 Å². The van der Waals surface area contributed by atoms with Gasteiger partial charge in [-0.25, -0.2) is 0 Å². The van der Waals surface area contributed by atoms with Crippen LogP contribution in [0.2, 0.25) is 0 Å². The van der Waals surface area contributed by atoms with Gasteiger partial charge in [0.1, 0.15) is 0 Å². The van der Waals surface area contributed by atoms with Gasteiger partial charge in [0.05, 0.1) is 6.10 Å². The lowest BCUT2D eigenvalue weighted by atomic mass is 10.0. The number of aryl methyl sites for hydroxylation is 1. The second-order valence-electron chi connectivity index (χ2n) is 6.06. The number of benzene rings is 2. The van der Waals surface area contributed by atoms with Crippen LogP contribution in [-0.2, 0) is 19.4 Å². The standard InChI is InChI=1S/C20H28N2O/c1-2-16-8-10-18(11-9-16)15-22-13-12-20(23)19(21)14-17-6-4-3-5-7-17/h3-11,19-20,22-23H,2,12-15,21H2,1H3/t19-,20+/m0/s1. The second-order valence-corrected chi connectivity index (χ2v) is 6.06. The SMILES string of the molecule is CCc1ccc(CNCC[C@@H](O)[C@@H](N)Cc2ccccc2)cc1. The topological polar surface area (TPSA) is 58.3 Å². The fourth-order valence-electron chi connectivity index (χ4n) is 2.61. The summed E-state index contributed by atoms with van der Waals surface area (Å²) in [6, 6.07) is 18.5. The molecule has 0 radical (unpaired) electrons. The molecular weight excluding hydrogens is 284 g/mol. The van der Waals surface area contributed by atoms with E-state index in [9.17, 15) is 5.11 Å². The number of rotatable bonds is 9. The highest BCUT2D eigenvalue weighted by atomic mass is 16.3. The normalized spacial score (nSPS) is 13.7. The monoisotopic (exact) mass is 312 g/mol. The Hall–Kier alpha value is -1.68. The van der Waals surface area contributed by atoms with Gasteiger partial charge in [-0.05, 0) is 42.5 Å². The summed E-state index contributed by atoms with van der Waals surface area (Å²) in [5.41, 5.74) is 9.89. The van der Waals surface area contributed by atoms with Gasteiger partial charge < -0.3 is 16.2 Å². The Labute approximate surface area is 139 Å². The molecule has 0 unspecified atom stereocenters. The summed E-state index contributed by atoms with van der Waals surface area (Å²) in [4.78, 5) is 0. The Morgan fingerprint density at radius 3 is 2.26 bits per heavy atom. The third-order valence-corrected chi connectivity index (χ3v) is 4.19. The van der Waals surface area contributed by atoms with E-state index in [0.29, 0.717) is 12.8 Å². The van der Waals surface area contributed by atoms with Crippen molar-refractivity contribution in [3.8, 4) is 0 Å². The van der Waals surface area contributed by atoms with Crippen molar-refractivity contribution >= 4 is 0 Å². The van der Waals surface area contributed by atoms with Crippen molar-refractivity contribution in [2.24, 2.45) is 5.73 Å². The minimum Gasteiger partial charge on any atom is -0.391 e. The minimum absolute atomic E-state index is 0.219. The molecule has 0 aliphatic rings. The average Bonchev–Trinajstić information content (AvgIpc) is 2.60. The first-order chi connectivity index (χ1) is 11.2. The fourth-order valence-corrected chi connectivity index (χ4v) is 2.61. The molecule has 0 bridgehead atoms. The van der Waals surface area contributed by atoms with Crippen molar-refractivity contribution in [2.45, 2.75) is 44.9 Å². The van der Waals surface area contributed by atoms with E-state index in [1.165, 1.54) is 16.7 Å². The Morgan fingerprint density at radius 2 is 1.61 bits per heavy atom. The highest BCUT2D eigenvalue weighted by Crippen LogP contribution is 2.07. The van der Waals surface area contributed by atoms with E-state index in [4.69, 9.17) is 5.73 Å². The third-order valence-electron chi connectivity index (χ3n) is 4.19. The van der Waals surface area contributed by atoms with Crippen LogP contribution in [0, 0.1) is 0 Å². The molecule has 0 saturated carbocycles. The van der Waals surface area contributed by atoms with Gasteiger partial charge in [-0.2, -0.15) is 0 Å². The Bertz CT molecular complexity index is 554. The quantitative estimate of drug-likeness (QED) is 0.624. The molecule has 0 heterocycles. The molecule has 0 aliphatic heterocycles. The van der Waals surface area contributed by atoms with Crippen molar-refractivity contribution in [3.63, 3.8) is 0 Å². The third kappa shape index (κ3) is 6.14. The van der Waals surface area contributed by atoms with Crippen LogP contribution < -0.4 is 11.1 Å². The lowest BCUT2D eigenvalue weighted by Crippen LogP contribution is -2.38. The van der Waals surface area contributed by atoms with Crippen molar-refractivity contribution in [2.75, 3.05) is 6.54 Å². The zero-order chi connectivity index (χ0) is 16.5. The molecule has 2 rings (SSSR count). The molecule has 2 aromatic rings. The van der Waals surface area contributed by atoms with Gasteiger partial charge in [-0.3, -0.25) is 0 Å². The summed E-state index contributed by atoms with van der Waals surface area (Å²) in [6.45, 7) is 3.75. The molecule has 0 fully saturated rings. The molecule has 3 heteroatoms. The van der Waals surface area contributed by atoms with Gasteiger partial charge in [0.2, 0.25) is 0 Å². The molecule has 0 amide bonds. The maximum absolute atomic E-state index is 10.2. The van der Waals surface area contributed by atoms with E-state index in [1.54, 1.807) is 0 Å². The van der Waals surface area contributed by atoms with Crippen LogP contribution in [0.3, 0.4) is 0 Å². The Morgan fingerprint density at radius 1 is 0.957 bits per heavy atom. The van der Waals surface area contributed by atoms with Crippen molar-refractivity contribution < 1.29 is 5.11 Å².